The maximum atomic E-state index is 6.62. The summed E-state index contributed by atoms with van der Waals surface area (Å²) < 4.78 is 6.62. The summed E-state index contributed by atoms with van der Waals surface area (Å²) in [7, 11) is 0. The fourth-order valence-corrected chi connectivity index (χ4v) is 6.10. The Hall–Kier alpha value is -4.69. The van der Waals surface area contributed by atoms with Crippen LogP contribution in [0.25, 0.3) is 44.3 Å². The van der Waals surface area contributed by atoms with Gasteiger partial charge >= 0.3 is 0 Å². The summed E-state index contributed by atoms with van der Waals surface area (Å²) in [5.74, 6) is 1.13. The van der Waals surface area contributed by atoms with E-state index >= 15 is 0 Å². The van der Waals surface area contributed by atoms with E-state index in [1.54, 1.807) is 0 Å². The summed E-state index contributed by atoms with van der Waals surface area (Å²) in [6, 6.07) is 43.5. The first-order valence-electron chi connectivity index (χ1n) is 14.4. The average Bonchev–Trinajstić information content (AvgIpc) is 3.45. The zero-order valence-electron chi connectivity index (χ0n) is 23.8. The van der Waals surface area contributed by atoms with Crippen molar-refractivity contribution in [3.8, 4) is 39.3 Å². The summed E-state index contributed by atoms with van der Waals surface area (Å²) in [4.78, 5) is 4.82. The number of benzene rings is 5. The highest BCUT2D eigenvalue weighted by Gasteiger charge is 2.31. The van der Waals surface area contributed by atoms with Crippen molar-refractivity contribution in [2.75, 3.05) is 6.61 Å². The van der Waals surface area contributed by atoms with Gasteiger partial charge in [-0.2, -0.15) is 0 Å². The average molecular weight is 532 g/mol. The SMILES string of the molecule is CC(C)(C)c1ccc(C2COc3c2ccc2cccc(-c4cc(-c5ccccc5)ccn4)c32)c(-c2ccccc2)c1. The Labute approximate surface area is 242 Å². The lowest BCUT2D eigenvalue weighted by molar-refractivity contribution is 0.346. The molecule has 0 radical (unpaired) electrons. The van der Waals surface area contributed by atoms with Crippen molar-refractivity contribution in [1.29, 1.82) is 0 Å². The number of nitrogens with zero attached hydrogens (tertiary/aromatic N) is 1. The Morgan fingerprint density at radius 2 is 1.37 bits per heavy atom. The van der Waals surface area contributed by atoms with E-state index in [0.29, 0.717) is 6.61 Å². The van der Waals surface area contributed by atoms with Crippen molar-refractivity contribution in [3.63, 3.8) is 0 Å². The molecule has 0 saturated heterocycles. The fraction of sp³-hybridized carbons (Fsp3) is 0.154. The molecule has 1 aromatic heterocycles. The van der Waals surface area contributed by atoms with Gasteiger partial charge in [0.1, 0.15) is 5.75 Å². The van der Waals surface area contributed by atoms with Crippen molar-refractivity contribution in [2.45, 2.75) is 32.1 Å². The molecule has 0 aliphatic carbocycles. The van der Waals surface area contributed by atoms with Gasteiger partial charge in [0.2, 0.25) is 0 Å². The number of ether oxygens (including phenoxy) is 1. The lowest BCUT2D eigenvalue weighted by Gasteiger charge is -2.23. The lowest BCUT2D eigenvalue weighted by Crippen LogP contribution is -2.12. The van der Waals surface area contributed by atoms with E-state index in [9.17, 15) is 0 Å². The first kappa shape index (κ1) is 25.3. The van der Waals surface area contributed by atoms with E-state index in [2.05, 4.69) is 136 Å². The maximum absolute atomic E-state index is 6.62. The third-order valence-corrected chi connectivity index (χ3v) is 8.32. The van der Waals surface area contributed by atoms with Crippen molar-refractivity contribution >= 4 is 10.8 Å². The number of rotatable bonds is 4. The van der Waals surface area contributed by atoms with Crippen LogP contribution in [0.3, 0.4) is 0 Å². The van der Waals surface area contributed by atoms with Gasteiger partial charge in [0.15, 0.2) is 0 Å². The second-order valence-corrected chi connectivity index (χ2v) is 12.0. The van der Waals surface area contributed by atoms with Gasteiger partial charge in [-0.25, -0.2) is 0 Å². The molecule has 0 spiro atoms. The van der Waals surface area contributed by atoms with E-state index in [1.165, 1.54) is 38.8 Å². The molecule has 2 heteroatoms. The van der Waals surface area contributed by atoms with Crippen LogP contribution in [0.15, 0.2) is 128 Å². The molecule has 0 bridgehead atoms. The Morgan fingerprint density at radius 1 is 0.634 bits per heavy atom. The highest BCUT2D eigenvalue weighted by molar-refractivity contribution is 6.02. The van der Waals surface area contributed by atoms with Crippen LogP contribution in [0, 0.1) is 0 Å². The molecule has 0 N–H and O–H groups in total. The molecular weight excluding hydrogens is 498 g/mol. The van der Waals surface area contributed by atoms with E-state index in [1.807, 2.05) is 12.3 Å². The molecule has 0 fully saturated rings. The van der Waals surface area contributed by atoms with Crippen LogP contribution in [0.2, 0.25) is 0 Å². The second kappa shape index (κ2) is 10.1. The predicted molar refractivity (Wildman–Crippen MR) is 171 cm³/mol. The molecule has 0 amide bonds. The number of hydrogen-bond acceptors (Lipinski definition) is 2. The van der Waals surface area contributed by atoms with Crippen molar-refractivity contribution in [1.82, 2.24) is 4.98 Å². The van der Waals surface area contributed by atoms with Gasteiger partial charge in [0.05, 0.1) is 12.3 Å². The van der Waals surface area contributed by atoms with E-state index in [4.69, 9.17) is 9.72 Å². The Bertz CT molecular complexity index is 1870. The minimum absolute atomic E-state index is 0.0680. The molecular formula is C39H33NO. The summed E-state index contributed by atoms with van der Waals surface area (Å²) in [6.07, 6.45) is 1.91. The normalized spacial score (nSPS) is 14.6. The summed E-state index contributed by atoms with van der Waals surface area (Å²) >= 11 is 0. The van der Waals surface area contributed by atoms with Gasteiger partial charge in [-0.3, -0.25) is 4.98 Å². The molecule has 1 aliphatic rings. The number of fused-ring (bicyclic) bond motifs is 3. The molecule has 200 valence electrons. The molecule has 7 rings (SSSR count). The number of aromatic nitrogens is 1. The Kier molecular flexibility index (Phi) is 6.20. The molecule has 1 aliphatic heterocycles. The zero-order valence-corrected chi connectivity index (χ0v) is 23.8. The van der Waals surface area contributed by atoms with E-state index in [-0.39, 0.29) is 11.3 Å². The molecule has 2 nitrogen and oxygen atoms in total. The van der Waals surface area contributed by atoms with Crippen LogP contribution < -0.4 is 4.74 Å². The second-order valence-electron chi connectivity index (χ2n) is 12.0. The summed E-state index contributed by atoms with van der Waals surface area (Å²) in [5, 5.41) is 2.30. The third kappa shape index (κ3) is 4.60. The lowest BCUT2D eigenvalue weighted by atomic mass is 9.80. The minimum atomic E-state index is 0.0680. The van der Waals surface area contributed by atoms with Crippen molar-refractivity contribution < 1.29 is 4.74 Å². The molecule has 0 saturated carbocycles. The van der Waals surface area contributed by atoms with Crippen LogP contribution in [0.4, 0.5) is 0 Å². The molecule has 2 heterocycles. The quantitative estimate of drug-likeness (QED) is 0.226. The van der Waals surface area contributed by atoms with E-state index in [0.717, 1.165) is 28.0 Å². The number of hydrogen-bond donors (Lipinski definition) is 0. The fourth-order valence-electron chi connectivity index (χ4n) is 6.10. The molecule has 6 aromatic rings. The standard InChI is InChI=1S/C39H33NO/c1-39(2,3)30-18-20-31(34(24-30)27-13-8-5-9-14-27)35-25-41-38-32(35)19-17-28-15-10-16-33(37(28)38)36-23-29(21-22-40-36)26-11-6-4-7-12-26/h4-24,35H,25H2,1-3H3. The first-order valence-corrected chi connectivity index (χ1v) is 14.4. The van der Waals surface area contributed by atoms with E-state index < -0.39 is 0 Å². The largest absolute Gasteiger partial charge is 0.492 e. The van der Waals surface area contributed by atoms with Gasteiger partial charge in [-0.05, 0) is 56.3 Å². The summed E-state index contributed by atoms with van der Waals surface area (Å²) in [5.41, 5.74) is 10.9. The molecule has 1 atom stereocenters. The van der Waals surface area contributed by atoms with Crippen LogP contribution in [0.1, 0.15) is 43.4 Å². The predicted octanol–water partition coefficient (Wildman–Crippen LogP) is 10.1. The highest BCUT2D eigenvalue weighted by Crippen LogP contribution is 2.48. The first-order chi connectivity index (χ1) is 20.0. The topological polar surface area (TPSA) is 22.1 Å². The van der Waals surface area contributed by atoms with Crippen LogP contribution >= 0.6 is 0 Å². The van der Waals surface area contributed by atoms with Gasteiger partial charge in [-0.15, -0.1) is 0 Å². The number of pyridine rings is 1. The van der Waals surface area contributed by atoms with Crippen molar-refractivity contribution in [3.05, 3.63) is 144 Å². The zero-order chi connectivity index (χ0) is 28.0. The minimum Gasteiger partial charge on any atom is -0.492 e. The van der Waals surface area contributed by atoms with Gasteiger partial charge in [-0.1, -0.05) is 130 Å². The maximum Gasteiger partial charge on any atom is 0.131 e. The monoisotopic (exact) mass is 531 g/mol. The highest BCUT2D eigenvalue weighted by atomic mass is 16.5. The Balaban J connectivity index is 1.38. The molecule has 1 unspecified atom stereocenters. The smallest absolute Gasteiger partial charge is 0.131 e. The summed E-state index contributed by atoms with van der Waals surface area (Å²) in [6.45, 7) is 7.45. The Morgan fingerprint density at radius 3 is 2.12 bits per heavy atom. The van der Waals surface area contributed by atoms with Gasteiger partial charge < -0.3 is 4.74 Å². The molecule has 5 aromatic carbocycles. The van der Waals surface area contributed by atoms with Crippen LogP contribution in [-0.4, -0.2) is 11.6 Å². The third-order valence-electron chi connectivity index (χ3n) is 8.32. The van der Waals surface area contributed by atoms with Crippen LogP contribution in [-0.2, 0) is 5.41 Å². The van der Waals surface area contributed by atoms with Crippen molar-refractivity contribution in [2.24, 2.45) is 0 Å². The van der Waals surface area contributed by atoms with Crippen LogP contribution in [0.5, 0.6) is 5.75 Å². The van der Waals surface area contributed by atoms with Gasteiger partial charge in [0.25, 0.3) is 0 Å². The van der Waals surface area contributed by atoms with Gasteiger partial charge in [0, 0.05) is 28.6 Å². The molecule has 41 heavy (non-hydrogen) atoms.